The monoisotopic (exact) mass is 525 g/mol. The fourth-order valence-electron chi connectivity index (χ4n) is 3.72. The Hall–Kier alpha value is -3.20. The molecular formula is C27H35NO6Si2. The van der Waals surface area contributed by atoms with Gasteiger partial charge >= 0.3 is 11.9 Å². The largest absolute Gasteiger partial charge is 0.494 e. The van der Waals surface area contributed by atoms with Gasteiger partial charge in [0, 0.05) is 6.08 Å². The smallest absolute Gasteiger partial charge is 0.343 e. The van der Waals surface area contributed by atoms with Crippen LogP contribution in [0.25, 0.3) is 0 Å². The van der Waals surface area contributed by atoms with E-state index in [1.807, 2.05) is 6.07 Å². The van der Waals surface area contributed by atoms with E-state index >= 15 is 0 Å². The van der Waals surface area contributed by atoms with Crippen LogP contribution in [0.1, 0.15) is 28.8 Å². The molecule has 2 rings (SSSR count). The van der Waals surface area contributed by atoms with Gasteiger partial charge in [0.2, 0.25) is 0 Å². The summed E-state index contributed by atoms with van der Waals surface area (Å²) in [6.07, 6.45) is 2.85. The summed E-state index contributed by atoms with van der Waals surface area (Å²) in [4.78, 5) is 23.5. The molecule has 0 bridgehead atoms. The molecule has 0 fully saturated rings. The van der Waals surface area contributed by atoms with Gasteiger partial charge in [-0.25, -0.2) is 9.59 Å². The third-order valence-electron chi connectivity index (χ3n) is 5.36. The zero-order valence-electron chi connectivity index (χ0n) is 21.5. The maximum absolute atomic E-state index is 12.3. The number of nitriles is 1. The molecule has 0 aliphatic rings. The highest BCUT2D eigenvalue weighted by Crippen LogP contribution is 2.24. The Bertz CT molecular complexity index is 1060. The second-order valence-corrected chi connectivity index (χ2v) is 18.5. The molecule has 0 aliphatic heterocycles. The molecule has 0 N–H and O–H groups in total. The Morgan fingerprint density at radius 3 is 2.00 bits per heavy atom. The van der Waals surface area contributed by atoms with Crippen molar-refractivity contribution < 1.29 is 27.9 Å². The topological polar surface area (TPSA) is 94.8 Å². The third-order valence-corrected chi connectivity index (χ3v) is 12.9. The molecule has 0 heterocycles. The first-order chi connectivity index (χ1) is 17.0. The quantitative estimate of drug-likeness (QED) is 0.0968. The van der Waals surface area contributed by atoms with Crippen molar-refractivity contribution in [2.24, 2.45) is 0 Å². The van der Waals surface area contributed by atoms with E-state index in [0.29, 0.717) is 35.8 Å². The fraction of sp³-hybridized carbons (Fsp3) is 0.370. The number of benzene rings is 2. The predicted octanol–water partition coefficient (Wildman–Crippen LogP) is 6.09. The number of esters is 2. The minimum Gasteiger partial charge on any atom is -0.494 e. The standard InChI is InChI=1S/C27H35NO6Si2/c1-6-26(29)32-18-8-20-36(4,5)34-35(2,3)19-7-17-31-24-15-11-23(12-16-24)27(30)33-25-13-9-22(21-28)10-14-25/h6,9-16H,1,7-8,17-20H2,2-5H3. The summed E-state index contributed by atoms with van der Waals surface area (Å²) < 4.78 is 22.9. The lowest BCUT2D eigenvalue weighted by Crippen LogP contribution is -2.44. The van der Waals surface area contributed by atoms with Crippen LogP contribution >= 0.6 is 0 Å². The minimum absolute atomic E-state index is 0.385. The van der Waals surface area contributed by atoms with Gasteiger partial charge in [0.15, 0.2) is 16.6 Å². The van der Waals surface area contributed by atoms with Crippen molar-refractivity contribution in [1.29, 1.82) is 5.26 Å². The highest BCUT2D eigenvalue weighted by atomic mass is 28.4. The Balaban J connectivity index is 1.72. The second kappa shape index (κ2) is 13.8. The fourth-order valence-corrected chi connectivity index (χ4v) is 12.5. The molecule has 2 aromatic rings. The Labute approximate surface area is 215 Å². The van der Waals surface area contributed by atoms with Crippen LogP contribution in [0.5, 0.6) is 11.5 Å². The van der Waals surface area contributed by atoms with Crippen LogP contribution in [0.15, 0.2) is 61.2 Å². The van der Waals surface area contributed by atoms with Gasteiger partial charge in [0.1, 0.15) is 11.5 Å². The van der Waals surface area contributed by atoms with E-state index in [0.717, 1.165) is 24.9 Å². The summed E-state index contributed by atoms with van der Waals surface area (Å²) in [5.41, 5.74) is 0.920. The molecule has 2 aromatic carbocycles. The van der Waals surface area contributed by atoms with E-state index in [4.69, 9.17) is 23.6 Å². The van der Waals surface area contributed by atoms with E-state index in [1.165, 1.54) is 6.08 Å². The average Bonchev–Trinajstić information content (AvgIpc) is 2.84. The molecule has 0 aliphatic carbocycles. The lowest BCUT2D eigenvalue weighted by molar-refractivity contribution is -0.137. The van der Waals surface area contributed by atoms with Gasteiger partial charge in [-0.2, -0.15) is 5.26 Å². The number of carbonyl (C=O) groups is 2. The summed E-state index contributed by atoms with van der Waals surface area (Å²) in [5, 5.41) is 8.85. The third kappa shape index (κ3) is 10.6. The van der Waals surface area contributed by atoms with Gasteiger partial charge in [0.25, 0.3) is 0 Å². The second-order valence-electron chi connectivity index (χ2n) is 9.60. The minimum atomic E-state index is -1.85. The number of nitrogens with zero attached hydrogens (tertiary/aromatic N) is 1. The van der Waals surface area contributed by atoms with Crippen LogP contribution in [-0.2, 0) is 13.6 Å². The summed E-state index contributed by atoms with van der Waals surface area (Å²) in [5.74, 6) is 0.217. The molecular weight excluding hydrogens is 490 g/mol. The van der Waals surface area contributed by atoms with Crippen molar-refractivity contribution in [1.82, 2.24) is 0 Å². The number of hydrogen-bond donors (Lipinski definition) is 0. The van der Waals surface area contributed by atoms with E-state index in [1.54, 1.807) is 48.5 Å². The van der Waals surface area contributed by atoms with Crippen molar-refractivity contribution in [2.45, 2.75) is 51.1 Å². The van der Waals surface area contributed by atoms with Gasteiger partial charge in [-0.3, -0.25) is 0 Å². The van der Waals surface area contributed by atoms with Crippen LogP contribution in [-0.4, -0.2) is 41.8 Å². The molecule has 36 heavy (non-hydrogen) atoms. The zero-order chi connectivity index (χ0) is 26.6. The summed E-state index contributed by atoms with van der Waals surface area (Å²) in [6, 6.07) is 17.2. The van der Waals surface area contributed by atoms with E-state index < -0.39 is 22.6 Å². The first-order valence-electron chi connectivity index (χ1n) is 12.0. The summed E-state index contributed by atoms with van der Waals surface area (Å²) in [7, 11) is -3.70. The molecule has 0 unspecified atom stereocenters. The van der Waals surface area contributed by atoms with Gasteiger partial charge in [-0.1, -0.05) is 6.58 Å². The van der Waals surface area contributed by atoms with Gasteiger partial charge in [-0.05, 0) is 99.6 Å². The van der Waals surface area contributed by atoms with E-state index in [-0.39, 0.29) is 5.97 Å². The summed E-state index contributed by atoms with van der Waals surface area (Å²) in [6.45, 7) is 13.2. The van der Waals surface area contributed by atoms with Crippen LogP contribution < -0.4 is 9.47 Å². The van der Waals surface area contributed by atoms with Crippen LogP contribution in [0.2, 0.25) is 38.3 Å². The van der Waals surface area contributed by atoms with Crippen LogP contribution in [0, 0.1) is 11.3 Å². The Morgan fingerprint density at radius 1 is 0.889 bits per heavy atom. The van der Waals surface area contributed by atoms with Crippen molar-refractivity contribution in [3.8, 4) is 17.6 Å². The molecule has 7 nitrogen and oxygen atoms in total. The lowest BCUT2D eigenvalue weighted by Gasteiger charge is -2.34. The Kier molecular flexibility index (Phi) is 11.1. The van der Waals surface area contributed by atoms with Gasteiger partial charge in [-0.15, -0.1) is 0 Å². The van der Waals surface area contributed by atoms with Crippen molar-refractivity contribution in [3.63, 3.8) is 0 Å². The van der Waals surface area contributed by atoms with Crippen molar-refractivity contribution in [3.05, 3.63) is 72.3 Å². The molecule has 9 heteroatoms. The van der Waals surface area contributed by atoms with Gasteiger partial charge < -0.3 is 18.3 Å². The van der Waals surface area contributed by atoms with Gasteiger partial charge in [0.05, 0.1) is 30.4 Å². The molecule has 192 valence electrons. The number of hydrogen-bond acceptors (Lipinski definition) is 7. The van der Waals surface area contributed by atoms with Crippen molar-refractivity contribution in [2.75, 3.05) is 13.2 Å². The number of rotatable bonds is 14. The average molecular weight is 526 g/mol. The highest BCUT2D eigenvalue weighted by molar-refractivity contribution is 6.84. The van der Waals surface area contributed by atoms with Crippen LogP contribution in [0.4, 0.5) is 0 Å². The molecule has 0 radical (unpaired) electrons. The first kappa shape index (κ1) is 29.0. The number of carbonyl (C=O) groups excluding carboxylic acids is 2. The molecule has 0 saturated heterocycles. The maximum atomic E-state index is 12.3. The zero-order valence-corrected chi connectivity index (χ0v) is 23.5. The molecule has 0 amide bonds. The maximum Gasteiger partial charge on any atom is 0.343 e. The molecule has 0 aromatic heterocycles. The molecule has 0 atom stereocenters. The SMILES string of the molecule is C=CC(=O)OCCC[Si](C)(C)O[Si](C)(C)CCCOc1ccc(C(=O)Oc2ccc(C#N)cc2)cc1. The first-order valence-corrected chi connectivity index (χ1v) is 18.2. The lowest BCUT2D eigenvalue weighted by atomic mass is 10.2. The summed E-state index contributed by atoms with van der Waals surface area (Å²) >= 11 is 0. The predicted molar refractivity (Wildman–Crippen MR) is 144 cm³/mol. The molecule has 0 saturated carbocycles. The normalized spacial score (nSPS) is 11.3. The van der Waals surface area contributed by atoms with E-state index in [2.05, 4.69) is 32.8 Å². The highest BCUT2D eigenvalue weighted by Gasteiger charge is 2.32. The number of ether oxygens (including phenoxy) is 3. The van der Waals surface area contributed by atoms with Crippen LogP contribution in [0.3, 0.4) is 0 Å². The molecule has 0 spiro atoms. The van der Waals surface area contributed by atoms with E-state index in [9.17, 15) is 9.59 Å². The van der Waals surface area contributed by atoms with Crippen molar-refractivity contribution >= 4 is 28.6 Å². The Morgan fingerprint density at radius 2 is 1.44 bits per heavy atom.